The van der Waals surface area contributed by atoms with E-state index in [4.69, 9.17) is 9.47 Å². The number of amides is 1. The number of ether oxygens (including phenoxy) is 2. The molecule has 0 aliphatic rings. The van der Waals surface area contributed by atoms with E-state index in [2.05, 4.69) is 5.32 Å². The highest BCUT2D eigenvalue weighted by Crippen LogP contribution is 2.15. The molecule has 0 unspecified atom stereocenters. The molecule has 0 fully saturated rings. The number of esters is 2. The topological polar surface area (TPSA) is 81.7 Å². The van der Waals surface area contributed by atoms with E-state index in [-0.39, 0.29) is 5.92 Å². The van der Waals surface area contributed by atoms with Gasteiger partial charge in [0.1, 0.15) is 6.04 Å². The second-order valence-corrected chi connectivity index (χ2v) is 6.55. The quantitative estimate of drug-likeness (QED) is 0.404. The van der Waals surface area contributed by atoms with Crippen LogP contribution >= 0.6 is 11.8 Å². The van der Waals surface area contributed by atoms with E-state index < -0.39 is 30.5 Å². The molecule has 0 bridgehead atoms. The zero-order valence-electron chi connectivity index (χ0n) is 15.5. The fourth-order valence-electron chi connectivity index (χ4n) is 2.08. The predicted octanol–water partition coefficient (Wildman–Crippen LogP) is 2.67. The first kappa shape index (κ1) is 21.8. The summed E-state index contributed by atoms with van der Waals surface area (Å²) >= 11 is 1.63. The molecule has 0 aromatic heterocycles. The fourth-order valence-corrected chi connectivity index (χ4v) is 2.48. The van der Waals surface area contributed by atoms with Crippen molar-refractivity contribution in [1.82, 2.24) is 5.32 Å². The lowest BCUT2D eigenvalue weighted by Crippen LogP contribution is -2.47. The Hall–Kier alpha value is -2.28. The van der Waals surface area contributed by atoms with Gasteiger partial charge in [0.25, 0.3) is 5.91 Å². The second kappa shape index (κ2) is 11.4. The van der Waals surface area contributed by atoms with Crippen molar-refractivity contribution in [2.75, 3.05) is 20.0 Å². The van der Waals surface area contributed by atoms with E-state index in [9.17, 15) is 14.4 Å². The summed E-state index contributed by atoms with van der Waals surface area (Å²) in [6.45, 7) is 3.28. The van der Waals surface area contributed by atoms with Crippen molar-refractivity contribution in [3.05, 3.63) is 35.9 Å². The molecule has 6 nitrogen and oxygen atoms in total. The summed E-state index contributed by atoms with van der Waals surface area (Å²) in [4.78, 5) is 36.5. The van der Waals surface area contributed by atoms with Gasteiger partial charge < -0.3 is 14.8 Å². The third kappa shape index (κ3) is 7.31. The van der Waals surface area contributed by atoms with E-state index in [1.54, 1.807) is 17.8 Å². The van der Waals surface area contributed by atoms with Gasteiger partial charge in [-0.15, -0.1) is 11.8 Å². The molecule has 0 radical (unpaired) electrons. The molecule has 1 amide bonds. The van der Waals surface area contributed by atoms with Crippen LogP contribution in [0.4, 0.5) is 0 Å². The number of carbonyl (C=O) groups excluding carboxylic acids is 3. The lowest BCUT2D eigenvalue weighted by Gasteiger charge is -2.21. The molecule has 0 aliphatic heterocycles. The van der Waals surface area contributed by atoms with Crippen LogP contribution in [-0.2, 0) is 23.9 Å². The summed E-state index contributed by atoms with van der Waals surface area (Å²) in [5.74, 6) is -1.79. The van der Waals surface area contributed by atoms with Gasteiger partial charge in [-0.3, -0.25) is 4.79 Å². The van der Waals surface area contributed by atoms with Crippen LogP contribution in [-0.4, -0.2) is 43.9 Å². The number of methoxy groups -OCH3 is 1. The molecule has 1 aromatic rings. The maximum atomic E-state index is 11.9. The van der Waals surface area contributed by atoms with Gasteiger partial charge in [0.05, 0.1) is 7.11 Å². The van der Waals surface area contributed by atoms with Crippen LogP contribution in [0.1, 0.15) is 25.8 Å². The molecule has 7 heteroatoms. The third-order valence-electron chi connectivity index (χ3n) is 3.86. The summed E-state index contributed by atoms with van der Waals surface area (Å²) in [5.41, 5.74) is 0.853. The summed E-state index contributed by atoms with van der Waals surface area (Å²) in [5, 5.41) is 2.54. The summed E-state index contributed by atoms with van der Waals surface area (Å²) < 4.78 is 9.60. The highest BCUT2D eigenvalue weighted by atomic mass is 32.2. The first-order chi connectivity index (χ1) is 12.4. The summed E-state index contributed by atoms with van der Waals surface area (Å²) in [7, 11) is 1.26. The summed E-state index contributed by atoms with van der Waals surface area (Å²) in [6, 6.07) is 6.91. The normalized spacial score (nSPS) is 13.1. The number of thioether (sulfide) groups is 1. The van der Waals surface area contributed by atoms with E-state index in [1.165, 1.54) is 13.2 Å². The van der Waals surface area contributed by atoms with Crippen LogP contribution < -0.4 is 5.32 Å². The number of carbonyl (C=O) groups is 3. The van der Waals surface area contributed by atoms with Crippen LogP contribution in [0.2, 0.25) is 0 Å². The molecule has 2 atom stereocenters. The third-order valence-corrected chi connectivity index (χ3v) is 4.60. The van der Waals surface area contributed by atoms with Crippen molar-refractivity contribution in [3.63, 3.8) is 0 Å². The number of benzene rings is 1. The monoisotopic (exact) mass is 379 g/mol. The molecule has 0 saturated carbocycles. The lowest BCUT2D eigenvalue weighted by molar-refractivity contribution is -0.148. The molecule has 1 rings (SSSR count). The first-order valence-corrected chi connectivity index (χ1v) is 9.49. The minimum Gasteiger partial charge on any atom is -0.467 e. The van der Waals surface area contributed by atoms with Crippen molar-refractivity contribution < 1.29 is 23.9 Å². The van der Waals surface area contributed by atoms with Gasteiger partial charge in [-0.05, 0) is 35.9 Å². The van der Waals surface area contributed by atoms with Crippen LogP contribution in [0, 0.1) is 5.92 Å². The Labute approximate surface area is 158 Å². The van der Waals surface area contributed by atoms with Crippen LogP contribution in [0.25, 0.3) is 6.08 Å². The number of rotatable bonds is 9. The molecular weight excluding hydrogens is 354 g/mol. The van der Waals surface area contributed by atoms with Gasteiger partial charge in [0.2, 0.25) is 0 Å². The molecule has 142 valence electrons. The second-order valence-electron chi connectivity index (χ2n) is 5.67. The first-order valence-electron chi connectivity index (χ1n) is 8.27. The molecule has 26 heavy (non-hydrogen) atoms. The Morgan fingerprint density at radius 2 is 1.88 bits per heavy atom. The summed E-state index contributed by atoms with van der Waals surface area (Å²) in [6.07, 6.45) is 5.55. The lowest BCUT2D eigenvalue weighted by atomic mass is 9.99. The zero-order valence-corrected chi connectivity index (χ0v) is 16.3. The average Bonchev–Trinajstić information content (AvgIpc) is 2.67. The Morgan fingerprint density at radius 3 is 2.42 bits per heavy atom. The molecule has 0 aliphatic carbocycles. The molecule has 1 aromatic carbocycles. The van der Waals surface area contributed by atoms with E-state index >= 15 is 0 Å². The zero-order chi connectivity index (χ0) is 19.5. The highest BCUT2D eigenvalue weighted by Gasteiger charge is 2.26. The van der Waals surface area contributed by atoms with Gasteiger partial charge in [-0.1, -0.05) is 32.4 Å². The molecule has 0 spiro atoms. The van der Waals surface area contributed by atoms with E-state index in [0.717, 1.165) is 10.5 Å². The van der Waals surface area contributed by atoms with Crippen LogP contribution in [0.5, 0.6) is 0 Å². The van der Waals surface area contributed by atoms with Crippen molar-refractivity contribution in [1.29, 1.82) is 0 Å². The van der Waals surface area contributed by atoms with E-state index in [1.807, 2.05) is 44.4 Å². The van der Waals surface area contributed by atoms with Crippen molar-refractivity contribution in [2.24, 2.45) is 5.92 Å². The average molecular weight is 379 g/mol. The number of hydrogen-bond donors (Lipinski definition) is 1. The van der Waals surface area contributed by atoms with E-state index in [0.29, 0.717) is 6.42 Å². The predicted molar refractivity (Wildman–Crippen MR) is 102 cm³/mol. The SMILES string of the molecule is CC[C@H](C)[C@@H](NC(=O)COC(=O)/C=C/c1ccc(SC)cc1)C(=O)OC. The molecular formula is C19H25NO5S. The van der Waals surface area contributed by atoms with Crippen LogP contribution in [0.3, 0.4) is 0 Å². The Balaban J connectivity index is 2.50. The minimum absolute atomic E-state index is 0.0914. The van der Waals surface area contributed by atoms with Crippen molar-refractivity contribution >= 4 is 35.7 Å². The molecule has 0 heterocycles. The maximum Gasteiger partial charge on any atom is 0.331 e. The van der Waals surface area contributed by atoms with Gasteiger partial charge in [-0.25, -0.2) is 9.59 Å². The molecule has 1 N–H and O–H groups in total. The molecule has 0 saturated heterocycles. The van der Waals surface area contributed by atoms with Gasteiger partial charge in [0.15, 0.2) is 6.61 Å². The Bertz CT molecular complexity index is 642. The van der Waals surface area contributed by atoms with Gasteiger partial charge in [0, 0.05) is 11.0 Å². The Kier molecular flexibility index (Phi) is 9.51. The minimum atomic E-state index is -0.762. The maximum absolute atomic E-state index is 11.9. The van der Waals surface area contributed by atoms with Crippen molar-refractivity contribution in [2.45, 2.75) is 31.2 Å². The largest absolute Gasteiger partial charge is 0.467 e. The number of hydrogen-bond acceptors (Lipinski definition) is 6. The van der Waals surface area contributed by atoms with Gasteiger partial charge in [-0.2, -0.15) is 0 Å². The van der Waals surface area contributed by atoms with Gasteiger partial charge >= 0.3 is 11.9 Å². The standard InChI is InChI=1S/C19H25NO5S/c1-5-13(2)18(19(23)24-3)20-16(21)12-25-17(22)11-8-14-6-9-15(26-4)10-7-14/h6-11,13,18H,5,12H2,1-4H3,(H,20,21)/b11-8+/t13-,18+/m0/s1. The smallest absolute Gasteiger partial charge is 0.331 e. The highest BCUT2D eigenvalue weighted by molar-refractivity contribution is 7.98. The van der Waals surface area contributed by atoms with Crippen LogP contribution in [0.15, 0.2) is 35.2 Å². The fraction of sp³-hybridized carbons (Fsp3) is 0.421. The van der Waals surface area contributed by atoms with Crippen molar-refractivity contribution in [3.8, 4) is 0 Å². The number of nitrogens with one attached hydrogen (secondary N) is 1. The Morgan fingerprint density at radius 1 is 1.23 bits per heavy atom.